The van der Waals surface area contributed by atoms with E-state index in [1.807, 2.05) is 79.8 Å². The van der Waals surface area contributed by atoms with Crippen LogP contribution in [0, 0.1) is 0 Å². The highest BCUT2D eigenvalue weighted by atomic mass is 15.5. The Morgan fingerprint density at radius 2 is 1.44 bits per heavy atom. The zero-order valence-electron chi connectivity index (χ0n) is 10.7. The number of rotatable bonds is 3. The van der Waals surface area contributed by atoms with Crippen molar-refractivity contribution in [2.75, 3.05) is 14.1 Å². The minimum Gasteiger partial charge on any atom is -0.303 e. The highest BCUT2D eigenvalue weighted by molar-refractivity contribution is 5.99. The first-order valence-corrected chi connectivity index (χ1v) is 5.89. The molecule has 0 spiro atoms. The predicted molar refractivity (Wildman–Crippen MR) is 75.9 cm³/mol. The molecule has 0 saturated heterocycles. The van der Waals surface area contributed by atoms with Gasteiger partial charge < -0.3 is 5.43 Å². The van der Waals surface area contributed by atoms with Crippen molar-refractivity contribution in [1.29, 1.82) is 0 Å². The van der Waals surface area contributed by atoms with Crippen LogP contribution in [0.2, 0.25) is 0 Å². The average Bonchev–Trinajstić information content (AvgIpc) is 2.40. The van der Waals surface area contributed by atoms with Gasteiger partial charge in [0.25, 0.3) is 0 Å². The zero-order valence-corrected chi connectivity index (χ0v) is 10.7. The lowest BCUT2D eigenvalue weighted by molar-refractivity contribution is 0.363. The molecule has 1 N–H and O–H groups in total. The smallest absolute Gasteiger partial charge is 0.148 e. The van der Waals surface area contributed by atoms with Gasteiger partial charge in [-0.15, -0.1) is 0 Å². The maximum atomic E-state index is 4.63. The van der Waals surface area contributed by atoms with E-state index in [0.29, 0.717) is 0 Å². The van der Waals surface area contributed by atoms with E-state index in [0.717, 1.165) is 17.1 Å². The van der Waals surface area contributed by atoms with Crippen LogP contribution in [0.4, 0.5) is 5.69 Å². The molecular weight excluding hydrogens is 222 g/mol. The largest absolute Gasteiger partial charge is 0.303 e. The number of aliphatic imine (C=N–C) groups is 1. The quantitative estimate of drug-likeness (QED) is 0.506. The molecule has 0 radical (unpaired) electrons. The summed E-state index contributed by atoms with van der Waals surface area (Å²) < 4.78 is 0. The van der Waals surface area contributed by atoms with Crippen LogP contribution in [-0.4, -0.2) is 24.9 Å². The highest BCUT2D eigenvalue weighted by Crippen LogP contribution is 2.12. The molecule has 0 atom stereocenters. The van der Waals surface area contributed by atoms with E-state index in [4.69, 9.17) is 0 Å². The fraction of sp³-hybridized carbons (Fsp3) is 0.133. The highest BCUT2D eigenvalue weighted by Gasteiger charge is 2.03. The number of amidine groups is 1. The lowest BCUT2D eigenvalue weighted by Gasteiger charge is -2.16. The summed E-state index contributed by atoms with van der Waals surface area (Å²) in [4.78, 5) is 4.63. The molecule has 0 bridgehead atoms. The SMILES string of the molecule is CN(C)NC(=Nc1ccccc1)c1ccccc1. The van der Waals surface area contributed by atoms with Crippen molar-refractivity contribution >= 4 is 11.5 Å². The summed E-state index contributed by atoms with van der Waals surface area (Å²) >= 11 is 0. The van der Waals surface area contributed by atoms with Crippen LogP contribution in [-0.2, 0) is 0 Å². The van der Waals surface area contributed by atoms with Gasteiger partial charge in [-0.05, 0) is 12.1 Å². The van der Waals surface area contributed by atoms with Gasteiger partial charge in [0.15, 0.2) is 0 Å². The fourth-order valence-electron chi connectivity index (χ4n) is 1.59. The van der Waals surface area contributed by atoms with Crippen molar-refractivity contribution in [1.82, 2.24) is 10.4 Å². The molecule has 0 aliphatic heterocycles. The van der Waals surface area contributed by atoms with Crippen molar-refractivity contribution < 1.29 is 0 Å². The third-order valence-electron chi connectivity index (χ3n) is 2.37. The second-order valence-corrected chi connectivity index (χ2v) is 4.17. The van der Waals surface area contributed by atoms with Gasteiger partial charge in [0.05, 0.1) is 5.69 Å². The Bertz CT molecular complexity index is 504. The maximum absolute atomic E-state index is 4.63. The Morgan fingerprint density at radius 1 is 0.889 bits per heavy atom. The molecule has 2 aromatic carbocycles. The Balaban J connectivity index is 2.34. The van der Waals surface area contributed by atoms with E-state index in [1.165, 1.54) is 0 Å². The van der Waals surface area contributed by atoms with Gasteiger partial charge in [-0.1, -0.05) is 48.5 Å². The Morgan fingerprint density at radius 3 is 2.00 bits per heavy atom. The molecule has 92 valence electrons. The summed E-state index contributed by atoms with van der Waals surface area (Å²) in [6.07, 6.45) is 0. The predicted octanol–water partition coefficient (Wildman–Crippen LogP) is 2.83. The summed E-state index contributed by atoms with van der Waals surface area (Å²) in [6, 6.07) is 20.0. The molecule has 2 rings (SSSR count). The normalized spacial score (nSPS) is 11.6. The summed E-state index contributed by atoms with van der Waals surface area (Å²) in [7, 11) is 3.90. The number of para-hydroxylation sites is 1. The van der Waals surface area contributed by atoms with Crippen molar-refractivity contribution in [2.45, 2.75) is 0 Å². The second-order valence-electron chi connectivity index (χ2n) is 4.17. The molecule has 0 amide bonds. The van der Waals surface area contributed by atoms with Crippen molar-refractivity contribution in [3.8, 4) is 0 Å². The molecule has 0 aliphatic carbocycles. The van der Waals surface area contributed by atoms with E-state index in [-0.39, 0.29) is 0 Å². The monoisotopic (exact) mass is 239 g/mol. The number of benzene rings is 2. The van der Waals surface area contributed by atoms with Crippen molar-refractivity contribution in [3.05, 3.63) is 66.2 Å². The molecule has 0 saturated carbocycles. The van der Waals surface area contributed by atoms with Crippen LogP contribution in [0.25, 0.3) is 0 Å². The molecule has 0 aliphatic rings. The van der Waals surface area contributed by atoms with Crippen molar-refractivity contribution in [3.63, 3.8) is 0 Å². The number of nitrogens with one attached hydrogen (secondary N) is 1. The first kappa shape index (κ1) is 12.3. The maximum Gasteiger partial charge on any atom is 0.148 e. The lowest BCUT2D eigenvalue weighted by Crippen LogP contribution is -2.36. The zero-order chi connectivity index (χ0) is 12.8. The third-order valence-corrected chi connectivity index (χ3v) is 2.37. The first-order valence-electron chi connectivity index (χ1n) is 5.89. The molecule has 0 heterocycles. The number of hydrogen-bond acceptors (Lipinski definition) is 2. The first-order chi connectivity index (χ1) is 8.75. The van der Waals surface area contributed by atoms with Crippen LogP contribution in [0.5, 0.6) is 0 Å². The van der Waals surface area contributed by atoms with Gasteiger partial charge in [0.2, 0.25) is 0 Å². The van der Waals surface area contributed by atoms with Crippen LogP contribution >= 0.6 is 0 Å². The standard InChI is InChI=1S/C15H17N3/c1-18(2)17-15(13-9-5-3-6-10-13)16-14-11-7-4-8-12-14/h3-12H,1-2H3,(H,16,17). The van der Waals surface area contributed by atoms with Gasteiger partial charge in [0, 0.05) is 19.7 Å². The number of hydrazine groups is 1. The van der Waals surface area contributed by atoms with Crippen molar-refractivity contribution in [2.24, 2.45) is 4.99 Å². The van der Waals surface area contributed by atoms with Gasteiger partial charge >= 0.3 is 0 Å². The van der Waals surface area contributed by atoms with Crippen LogP contribution in [0.1, 0.15) is 5.56 Å². The van der Waals surface area contributed by atoms with Gasteiger partial charge in [-0.25, -0.2) is 10.0 Å². The van der Waals surface area contributed by atoms with E-state index < -0.39 is 0 Å². The topological polar surface area (TPSA) is 27.6 Å². The Kier molecular flexibility index (Phi) is 4.10. The van der Waals surface area contributed by atoms with Crippen LogP contribution in [0.15, 0.2) is 65.7 Å². The van der Waals surface area contributed by atoms with Crippen LogP contribution < -0.4 is 5.43 Å². The van der Waals surface area contributed by atoms with Gasteiger partial charge in [-0.2, -0.15) is 0 Å². The number of nitrogens with zero attached hydrogens (tertiary/aromatic N) is 2. The molecule has 0 aromatic heterocycles. The van der Waals surface area contributed by atoms with Crippen LogP contribution in [0.3, 0.4) is 0 Å². The molecule has 0 fully saturated rings. The lowest BCUT2D eigenvalue weighted by atomic mass is 10.2. The van der Waals surface area contributed by atoms with Gasteiger partial charge in [-0.3, -0.25) is 0 Å². The fourth-order valence-corrected chi connectivity index (χ4v) is 1.59. The summed E-state index contributed by atoms with van der Waals surface area (Å²) in [5.41, 5.74) is 5.23. The minimum absolute atomic E-state index is 0.840. The summed E-state index contributed by atoms with van der Waals surface area (Å²) in [5, 5.41) is 1.88. The van der Waals surface area contributed by atoms with E-state index in [9.17, 15) is 0 Å². The second kappa shape index (κ2) is 5.98. The molecule has 3 heteroatoms. The van der Waals surface area contributed by atoms with E-state index in [1.54, 1.807) is 0 Å². The Labute approximate surface area is 108 Å². The molecule has 0 unspecified atom stereocenters. The average molecular weight is 239 g/mol. The number of hydrogen-bond donors (Lipinski definition) is 1. The van der Waals surface area contributed by atoms with Gasteiger partial charge in [0.1, 0.15) is 5.84 Å². The van der Waals surface area contributed by atoms with E-state index in [2.05, 4.69) is 10.4 Å². The Hall–Kier alpha value is -2.13. The molecular formula is C15H17N3. The minimum atomic E-state index is 0.840. The molecule has 18 heavy (non-hydrogen) atoms. The van der Waals surface area contributed by atoms with E-state index >= 15 is 0 Å². The third kappa shape index (κ3) is 3.43. The summed E-state index contributed by atoms with van der Waals surface area (Å²) in [6.45, 7) is 0. The summed E-state index contributed by atoms with van der Waals surface area (Å²) in [5.74, 6) is 0.840. The molecule has 2 aromatic rings. The molecule has 3 nitrogen and oxygen atoms in total.